The van der Waals surface area contributed by atoms with Crippen molar-refractivity contribution in [3.8, 4) is 0 Å². The van der Waals surface area contributed by atoms with Gasteiger partial charge in [0.1, 0.15) is 6.54 Å². The Bertz CT molecular complexity index is 849. The van der Waals surface area contributed by atoms with Crippen LogP contribution < -0.4 is 10.6 Å². The first-order chi connectivity index (χ1) is 11.7. The second kappa shape index (κ2) is 6.25. The Labute approximate surface area is 142 Å². The van der Waals surface area contributed by atoms with E-state index >= 15 is 0 Å². The van der Waals surface area contributed by atoms with Gasteiger partial charge < -0.3 is 10.6 Å². The van der Waals surface area contributed by atoms with Crippen LogP contribution in [0.1, 0.15) is 18.4 Å². The molecule has 24 heavy (non-hydrogen) atoms. The van der Waals surface area contributed by atoms with Crippen LogP contribution >= 0.6 is 0 Å². The lowest BCUT2D eigenvalue weighted by Gasteiger charge is -2.29. The second-order valence-corrected chi connectivity index (χ2v) is 6.92. The first-order valence-corrected chi connectivity index (χ1v) is 8.74. The summed E-state index contributed by atoms with van der Waals surface area (Å²) >= 11 is 0. The fourth-order valence-electron chi connectivity index (χ4n) is 4.10. The SMILES string of the molecule is NC(=O)[C@H]1CCC[NH+](Cc2c3ccccc3cc3ccccc23)C1. The van der Waals surface area contributed by atoms with Gasteiger partial charge in [-0.1, -0.05) is 48.5 Å². The Hall–Kier alpha value is -2.39. The molecule has 0 saturated carbocycles. The lowest BCUT2D eigenvalue weighted by molar-refractivity contribution is -0.920. The zero-order valence-corrected chi connectivity index (χ0v) is 13.8. The molecule has 1 unspecified atom stereocenters. The molecule has 1 fully saturated rings. The number of nitrogens with one attached hydrogen (secondary N) is 1. The molecule has 1 heterocycles. The highest BCUT2D eigenvalue weighted by Crippen LogP contribution is 2.28. The number of likely N-dealkylation sites (tertiary alicyclic amines) is 1. The smallest absolute Gasteiger partial charge is 0.226 e. The predicted molar refractivity (Wildman–Crippen MR) is 97.8 cm³/mol. The number of carbonyl (C=O) groups excluding carboxylic acids is 1. The molecule has 0 radical (unpaired) electrons. The third kappa shape index (κ3) is 2.76. The monoisotopic (exact) mass is 319 g/mol. The van der Waals surface area contributed by atoms with Crippen LogP contribution in [0.2, 0.25) is 0 Å². The summed E-state index contributed by atoms with van der Waals surface area (Å²) in [4.78, 5) is 13.1. The van der Waals surface area contributed by atoms with Gasteiger partial charge in [0.15, 0.2) is 0 Å². The minimum Gasteiger partial charge on any atom is -0.369 e. The summed E-state index contributed by atoms with van der Waals surface area (Å²) < 4.78 is 0. The number of quaternary nitrogens is 1. The van der Waals surface area contributed by atoms with Crippen LogP contribution in [0.3, 0.4) is 0 Å². The Balaban J connectivity index is 1.78. The molecule has 1 aliphatic heterocycles. The molecule has 2 atom stereocenters. The maximum Gasteiger partial charge on any atom is 0.226 e. The summed E-state index contributed by atoms with van der Waals surface area (Å²) in [6, 6.07) is 19.5. The van der Waals surface area contributed by atoms with Crippen LogP contribution in [0.25, 0.3) is 21.5 Å². The summed E-state index contributed by atoms with van der Waals surface area (Å²) in [5.74, 6) is -0.120. The molecule has 1 saturated heterocycles. The van der Waals surface area contributed by atoms with E-state index in [0.29, 0.717) is 0 Å². The normalized spacial score (nSPS) is 21.2. The average Bonchev–Trinajstić information content (AvgIpc) is 2.62. The molecule has 1 aliphatic rings. The predicted octanol–water partition coefficient (Wildman–Crippen LogP) is 2.27. The summed E-state index contributed by atoms with van der Waals surface area (Å²) in [5, 5.41) is 5.22. The zero-order valence-electron chi connectivity index (χ0n) is 13.8. The van der Waals surface area contributed by atoms with Crippen LogP contribution in [0, 0.1) is 5.92 Å². The van der Waals surface area contributed by atoms with E-state index in [1.165, 1.54) is 32.0 Å². The standard InChI is InChI=1S/C21H22N2O/c22-21(24)17-8-5-11-23(13-17)14-20-18-9-3-1-6-15(18)12-16-7-2-4-10-19(16)20/h1-4,6-7,9-10,12,17H,5,8,11,13-14H2,(H2,22,24)/p+1/t17-/m0/s1. The number of piperidine rings is 1. The molecule has 122 valence electrons. The molecule has 4 rings (SSSR count). The summed E-state index contributed by atoms with van der Waals surface area (Å²) in [5.41, 5.74) is 6.94. The van der Waals surface area contributed by atoms with Gasteiger partial charge in [-0.2, -0.15) is 0 Å². The molecule has 1 amide bonds. The maximum absolute atomic E-state index is 11.6. The van der Waals surface area contributed by atoms with Gasteiger partial charge in [0, 0.05) is 5.56 Å². The van der Waals surface area contributed by atoms with Crippen molar-refractivity contribution in [2.75, 3.05) is 13.1 Å². The molecule has 0 aromatic heterocycles. The van der Waals surface area contributed by atoms with Gasteiger partial charge in [0.2, 0.25) is 5.91 Å². The molecular formula is C21H23N2O+. The summed E-state index contributed by atoms with van der Waals surface area (Å²) in [7, 11) is 0. The Morgan fingerprint density at radius 3 is 2.29 bits per heavy atom. The lowest BCUT2D eigenvalue weighted by Crippen LogP contribution is -3.12. The highest BCUT2D eigenvalue weighted by Gasteiger charge is 2.27. The molecule has 0 aliphatic carbocycles. The van der Waals surface area contributed by atoms with Gasteiger partial charge in [0.05, 0.1) is 19.0 Å². The number of amides is 1. The van der Waals surface area contributed by atoms with Crippen LogP contribution in [-0.4, -0.2) is 19.0 Å². The number of hydrogen-bond acceptors (Lipinski definition) is 1. The van der Waals surface area contributed by atoms with Gasteiger partial charge in [-0.3, -0.25) is 4.79 Å². The van der Waals surface area contributed by atoms with Crippen LogP contribution in [-0.2, 0) is 11.3 Å². The maximum atomic E-state index is 11.6. The molecule has 0 spiro atoms. The third-order valence-electron chi connectivity index (χ3n) is 5.33. The highest BCUT2D eigenvalue weighted by molar-refractivity contribution is 6.02. The second-order valence-electron chi connectivity index (χ2n) is 6.92. The van der Waals surface area contributed by atoms with Crippen molar-refractivity contribution < 1.29 is 9.69 Å². The van der Waals surface area contributed by atoms with Crippen molar-refractivity contribution >= 4 is 27.5 Å². The molecule has 3 nitrogen and oxygen atoms in total. The number of carbonyl (C=O) groups is 1. The topological polar surface area (TPSA) is 47.5 Å². The summed E-state index contributed by atoms with van der Waals surface area (Å²) in [6.45, 7) is 2.92. The highest BCUT2D eigenvalue weighted by atomic mass is 16.1. The Kier molecular flexibility index (Phi) is 3.95. The van der Waals surface area contributed by atoms with Crippen molar-refractivity contribution in [1.82, 2.24) is 0 Å². The van der Waals surface area contributed by atoms with Crippen molar-refractivity contribution in [2.24, 2.45) is 11.7 Å². The van der Waals surface area contributed by atoms with E-state index in [0.717, 1.165) is 32.5 Å². The van der Waals surface area contributed by atoms with E-state index in [4.69, 9.17) is 5.73 Å². The molecule has 3 N–H and O–H groups in total. The van der Waals surface area contributed by atoms with Gasteiger partial charge in [-0.05, 0) is 40.5 Å². The van der Waals surface area contributed by atoms with Crippen molar-refractivity contribution in [3.05, 3.63) is 60.2 Å². The van der Waals surface area contributed by atoms with E-state index in [2.05, 4.69) is 54.6 Å². The molecule has 0 bridgehead atoms. The van der Waals surface area contributed by atoms with Crippen LogP contribution in [0.4, 0.5) is 0 Å². The average molecular weight is 319 g/mol. The van der Waals surface area contributed by atoms with Gasteiger partial charge in [0.25, 0.3) is 0 Å². The largest absolute Gasteiger partial charge is 0.369 e. The fraction of sp³-hybridized carbons (Fsp3) is 0.286. The molecule has 3 aromatic carbocycles. The quantitative estimate of drug-likeness (QED) is 0.715. The summed E-state index contributed by atoms with van der Waals surface area (Å²) in [6.07, 6.45) is 2.01. The number of nitrogens with two attached hydrogens (primary N) is 1. The Morgan fingerprint density at radius 1 is 1.04 bits per heavy atom. The molecular weight excluding hydrogens is 296 g/mol. The van der Waals surface area contributed by atoms with Crippen molar-refractivity contribution in [3.63, 3.8) is 0 Å². The van der Waals surface area contributed by atoms with Crippen molar-refractivity contribution in [1.29, 1.82) is 0 Å². The first kappa shape index (κ1) is 15.2. The minimum atomic E-state index is -0.144. The van der Waals surface area contributed by atoms with Crippen LogP contribution in [0.5, 0.6) is 0 Å². The van der Waals surface area contributed by atoms with E-state index in [1.807, 2.05) is 0 Å². The zero-order chi connectivity index (χ0) is 16.5. The molecule has 3 aromatic rings. The first-order valence-electron chi connectivity index (χ1n) is 8.74. The van der Waals surface area contributed by atoms with E-state index < -0.39 is 0 Å². The number of fused-ring (bicyclic) bond motifs is 2. The Morgan fingerprint density at radius 2 is 1.67 bits per heavy atom. The van der Waals surface area contributed by atoms with Crippen LogP contribution in [0.15, 0.2) is 54.6 Å². The van der Waals surface area contributed by atoms with E-state index in [1.54, 1.807) is 0 Å². The minimum absolute atomic E-state index is 0.0231. The number of hydrogen-bond donors (Lipinski definition) is 2. The molecule has 3 heteroatoms. The fourth-order valence-corrected chi connectivity index (χ4v) is 4.10. The van der Waals surface area contributed by atoms with E-state index in [9.17, 15) is 4.79 Å². The number of benzene rings is 3. The lowest BCUT2D eigenvalue weighted by atomic mass is 9.94. The van der Waals surface area contributed by atoms with Gasteiger partial charge >= 0.3 is 0 Å². The van der Waals surface area contributed by atoms with Gasteiger partial charge in [-0.15, -0.1) is 0 Å². The van der Waals surface area contributed by atoms with Gasteiger partial charge in [-0.25, -0.2) is 0 Å². The third-order valence-corrected chi connectivity index (χ3v) is 5.33. The number of rotatable bonds is 3. The number of primary amides is 1. The van der Waals surface area contributed by atoms with Crippen molar-refractivity contribution in [2.45, 2.75) is 19.4 Å². The van der Waals surface area contributed by atoms with E-state index in [-0.39, 0.29) is 11.8 Å².